The van der Waals surface area contributed by atoms with Crippen molar-refractivity contribution in [2.45, 2.75) is 30.3 Å². The maximum atomic E-state index is 12.2. The molecule has 0 bridgehead atoms. The first-order valence-electron chi connectivity index (χ1n) is 10.5. The average molecular weight is 419 g/mol. The lowest BCUT2D eigenvalue weighted by Gasteiger charge is -2.56. The number of non-ortho nitro benzene ring substituents is 1. The van der Waals surface area contributed by atoms with E-state index in [0.717, 1.165) is 28.8 Å². The van der Waals surface area contributed by atoms with Crippen LogP contribution in [0.1, 0.15) is 23.2 Å². The molecule has 2 aliphatic rings. The molecule has 3 N–H and O–H groups in total. The zero-order valence-electron chi connectivity index (χ0n) is 17.2. The van der Waals surface area contributed by atoms with Crippen LogP contribution in [-0.4, -0.2) is 50.3 Å². The standard InChI is InChI=1S/C24H25N3O4/c1-2-10-26-11-9-23(16-5-3-6-17(28)12-16)14-20-19(13-24(23,29)15-26)18-7-4-8-21(27(30)31)22(18)25-20/h2-8,12,25,28-29H,1,9-11,13-15H2/t23-,24-/m0/s1. The monoisotopic (exact) mass is 419 g/mol. The van der Waals surface area contributed by atoms with Crippen molar-refractivity contribution in [1.29, 1.82) is 0 Å². The number of aliphatic hydroxyl groups is 1. The summed E-state index contributed by atoms with van der Waals surface area (Å²) in [4.78, 5) is 16.7. The van der Waals surface area contributed by atoms with E-state index in [4.69, 9.17) is 0 Å². The summed E-state index contributed by atoms with van der Waals surface area (Å²) in [6.07, 6.45) is 3.45. The number of phenolic OH excluding ortho intramolecular Hbond substituents is 1. The van der Waals surface area contributed by atoms with E-state index in [2.05, 4.69) is 16.5 Å². The Kier molecular flexibility index (Phi) is 4.42. The number of hydrogen-bond donors (Lipinski definition) is 3. The topological polar surface area (TPSA) is 103 Å². The van der Waals surface area contributed by atoms with E-state index in [1.165, 1.54) is 6.07 Å². The molecule has 2 aromatic carbocycles. The van der Waals surface area contributed by atoms with E-state index >= 15 is 0 Å². The number of fused-ring (bicyclic) bond motifs is 4. The van der Waals surface area contributed by atoms with Gasteiger partial charge in [0.15, 0.2) is 0 Å². The SMILES string of the molecule is C=CCN1CC[C@@]2(c3cccc(O)c3)Cc3[nH]c4c([N+](=O)[O-])cccc4c3C[C@]2(O)C1. The van der Waals surface area contributed by atoms with E-state index < -0.39 is 11.0 Å². The Morgan fingerprint density at radius 2 is 2.06 bits per heavy atom. The van der Waals surface area contributed by atoms with Crippen molar-refractivity contribution in [2.75, 3.05) is 19.6 Å². The predicted molar refractivity (Wildman–Crippen MR) is 118 cm³/mol. The first-order chi connectivity index (χ1) is 14.9. The second kappa shape index (κ2) is 6.93. The first-order valence-corrected chi connectivity index (χ1v) is 10.5. The molecule has 7 nitrogen and oxygen atoms in total. The minimum Gasteiger partial charge on any atom is -0.508 e. The molecule has 7 heteroatoms. The number of nitrogens with zero attached hydrogens (tertiary/aromatic N) is 2. The van der Waals surface area contributed by atoms with Gasteiger partial charge in [-0.2, -0.15) is 0 Å². The van der Waals surface area contributed by atoms with E-state index in [-0.39, 0.29) is 16.4 Å². The highest BCUT2D eigenvalue weighted by Crippen LogP contribution is 2.52. The molecule has 1 aromatic heterocycles. The second-order valence-electron chi connectivity index (χ2n) is 8.83. The molecule has 1 fully saturated rings. The highest BCUT2D eigenvalue weighted by Gasteiger charge is 2.57. The van der Waals surface area contributed by atoms with Gasteiger partial charge in [-0.3, -0.25) is 15.0 Å². The third-order valence-electron chi connectivity index (χ3n) is 7.17. The number of piperidine rings is 1. The quantitative estimate of drug-likeness (QED) is 0.342. The van der Waals surface area contributed by atoms with Crippen molar-refractivity contribution in [2.24, 2.45) is 0 Å². The molecule has 0 saturated carbocycles. The summed E-state index contributed by atoms with van der Waals surface area (Å²) in [6.45, 7) is 5.78. The molecule has 1 saturated heterocycles. The number of nitro groups is 1. The maximum Gasteiger partial charge on any atom is 0.293 e. The molecule has 1 aliphatic carbocycles. The first kappa shape index (κ1) is 19.8. The Morgan fingerprint density at radius 1 is 1.26 bits per heavy atom. The zero-order chi connectivity index (χ0) is 21.8. The van der Waals surface area contributed by atoms with Crippen molar-refractivity contribution in [3.63, 3.8) is 0 Å². The van der Waals surface area contributed by atoms with Crippen LogP contribution in [-0.2, 0) is 18.3 Å². The van der Waals surface area contributed by atoms with Gasteiger partial charge in [0.25, 0.3) is 5.69 Å². The van der Waals surface area contributed by atoms with Crippen LogP contribution in [0.4, 0.5) is 5.69 Å². The number of β-amino-alcohol motifs (C(OH)–C–C–N with tert-alkyl or cyclic N) is 1. The van der Waals surface area contributed by atoms with E-state index in [0.29, 0.717) is 37.9 Å². The molecule has 3 aromatic rings. The second-order valence-corrected chi connectivity index (χ2v) is 8.83. The van der Waals surface area contributed by atoms with E-state index in [9.17, 15) is 20.3 Å². The zero-order valence-corrected chi connectivity index (χ0v) is 17.2. The van der Waals surface area contributed by atoms with Crippen LogP contribution >= 0.6 is 0 Å². The lowest BCUT2D eigenvalue weighted by molar-refractivity contribution is -0.383. The largest absolute Gasteiger partial charge is 0.508 e. The number of nitro benzene ring substituents is 1. The Morgan fingerprint density at radius 3 is 2.81 bits per heavy atom. The molecule has 160 valence electrons. The van der Waals surface area contributed by atoms with Crippen molar-refractivity contribution >= 4 is 16.6 Å². The van der Waals surface area contributed by atoms with Crippen LogP contribution in [0, 0.1) is 10.1 Å². The molecule has 2 heterocycles. The van der Waals surface area contributed by atoms with Gasteiger partial charge in [0.2, 0.25) is 0 Å². The van der Waals surface area contributed by atoms with Gasteiger partial charge in [-0.25, -0.2) is 0 Å². The molecule has 0 amide bonds. The van der Waals surface area contributed by atoms with Crippen molar-refractivity contribution in [1.82, 2.24) is 9.88 Å². The number of phenols is 1. The highest BCUT2D eigenvalue weighted by atomic mass is 16.6. The van der Waals surface area contributed by atoms with Gasteiger partial charge < -0.3 is 15.2 Å². The molecule has 5 rings (SSSR count). The van der Waals surface area contributed by atoms with Gasteiger partial charge in [-0.15, -0.1) is 6.58 Å². The maximum absolute atomic E-state index is 12.2. The van der Waals surface area contributed by atoms with Crippen LogP contribution in [0.2, 0.25) is 0 Å². The lowest BCUT2D eigenvalue weighted by atomic mass is 9.56. The molecule has 0 unspecified atom stereocenters. The van der Waals surface area contributed by atoms with Crippen molar-refractivity contribution < 1.29 is 15.1 Å². The molecule has 1 aliphatic heterocycles. The Labute approximate surface area is 179 Å². The van der Waals surface area contributed by atoms with Crippen molar-refractivity contribution in [3.05, 3.63) is 82.1 Å². The van der Waals surface area contributed by atoms with Gasteiger partial charge in [0.05, 0.1) is 10.5 Å². The Bertz CT molecular complexity index is 1200. The number of aromatic amines is 1. The molecular weight excluding hydrogens is 394 g/mol. The number of para-hydroxylation sites is 1. The normalized spacial score (nSPS) is 25.7. The van der Waals surface area contributed by atoms with Gasteiger partial charge in [0.1, 0.15) is 11.3 Å². The lowest BCUT2D eigenvalue weighted by Crippen LogP contribution is -2.66. The number of benzene rings is 2. The van der Waals surface area contributed by atoms with Gasteiger partial charge >= 0.3 is 0 Å². The van der Waals surface area contributed by atoms with E-state index in [1.54, 1.807) is 18.2 Å². The highest BCUT2D eigenvalue weighted by molar-refractivity contribution is 5.92. The summed E-state index contributed by atoms with van der Waals surface area (Å²) in [5, 5.41) is 34.7. The number of H-pyrrole nitrogens is 1. The van der Waals surface area contributed by atoms with Gasteiger partial charge in [0, 0.05) is 48.5 Å². The molecule has 2 atom stereocenters. The third-order valence-corrected chi connectivity index (χ3v) is 7.17. The van der Waals surface area contributed by atoms with Crippen LogP contribution in [0.25, 0.3) is 10.9 Å². The minimum atomic E-state index is -1.09. The summed E-state index contributed by atoms with van der Waals surface area (Å²) in [5.41, 5.74) is 1.62. The number of hydrogen-bond acceptors (Lipinski definition) is 5. The summed E-state index contributed by atoms with van der Waals surface area (Å²) in [5.74, 6) is 0.167. The van der Waals surface area contributed by atoms with Crippen LogP contribution in [0.15, 0.2) is 55.1 Å². The Balaban J connectivity index is 1.71. The summed E-state index contributed by atoms with van der Waals surface area (Å²) < 4.78 is 0. The van der Waals surface area contributed by atoms with Gasteiger partial charge in [-0.05, 0) is 36.2 Å². The summed E-state index contributed by atoms with van der Waals surface area (Å²) in [6, 6.07) is 12.2. The Hall–Kier alpha value is -3.16. The number of aromatic hydroxyl groups is 1. The third kappa shape index (κ3) is 2.88. The minimum absolute atomic E-state index is 0.0431. The number of aromatic nitrogens is 1. The number of nitrogens with one attached hydrogen (secondary N) is 1. The number of likely N-dealkylation sites (tertiary alicyclic amines) is 1. The van der Waals surface area contributed by atoms with Crippen molar-refractivity contribution in [3.8, 4) is 5.75 Å². The predicted octanol–water partition coefficient (Wildman–Crippen LogP) is 3.44. The molecule has 31 heavy (non-hydrogen) atoms. The molecule has 0 spiro atoms. The fourth-order valence-electron chi connectivity index (χ4n) is 5.73. The smallest absolute Gasteiger partial charge is 0.293 e. The van der Waals surface area contributed by atoms with Crippen LogP contribution < -0.4 is 0 Å². The van der Waals surface area contributed by atoms with Crippen LogP contribution in [0.3, 0.4) is 0 Å². The van der Waals surface area contributed by atoms with Gasteiger partial charge in [-0.1, -0.05) is 30.3 Å². The molecular formula is C24H25N3O4. The summed E-state index contributed by atoms with van der Waals surface area (Å²) >= 11 is 0. The van der Waals surface area contributed by atoms with E-state index in [1.807, 2.05) is 24.3 Å². The van der Waals surface area contributed by atoms with Crippen LogP contribution in [0.5, 0.6) is 5.75 Å². The average Bonchev–Trinajstić information content (AvgIpc) is 3.08. The molecule has 0 radical (unpaired) electrons. The number of rotatable bonds is 4. The fraction of sp³-hybridized carbons (Fsp3) is 0.333. The fourth-order valence-corrected chi connectivity index (χ4v) is 5.73. The summed E-state index contributed by atoms with van der Waals surface area (Å²) in [7, 11) is 0.